The average molecular weight is 105 g/mol. The molecule has 0 saturated carbocycles. The molecule has 0 aromatic carbocycles. The summed E-state index contributed by atoms with van der Waals surface area (Å²) >= 11 is 0. The third-order valence-electron chi connectivity index (χ3n) is 0.487. The first-order valence-electron chi connectivity index (χ1n) is 1.60. The summed E-state index contributed by atoms with van der Waals surface area (Å²) in [7, 11) is 0. The van der Waals surface area contributed by atoms with Gasteiger partial charge in [-0.3, -0.25) is 4.99 Å². The summed E-state index contributed by atoms with van der Waals surface area (Å²) in [4.78, 5) is 3.74. The molecule has 0 fully saturated rings. The SMILES string of the molecule is C1=NCCO1.S. The lowest BCUT2D eigenvalue weighted by Gasteiger charge is -1.76. The second-order valence-corrected chi connectivity index (χ2v) is 0.882. The Bertz CT molecular complexity index is 48.8. The second-order valence-electron chi connectivity index (χ2n) is 0.882. The van der Waals surface area contributed by atoms with Crippen molar-refractivity contribution in [1.82, 2.24) is 0 Å². The third kappa shape index (κ3) is 1.31. The van der Waals surface area contributed by atoms with Gasteiger partial charge >= 0.3 is 0 Å². The molecule has 1 heterocycles. The van der Waals surface area contributed by atoms with Crippen LogP contribution in [-0.4, -0.2) is 19.6 Å². The second kappa shape index (κ2) is 3.03. The van der Waals surface area contributed by atoms with Crippen LogP contribution in [0.15, 0.2) is 4.99 Å². The highest BCUT2D eigenvalue weighted by Crippen LogP contribution is 1.78. The topological polar surface area (TPSA) is 21.6 Å². The maximum Gasteiger partial charge on any atom is 0.169 e. The van der Waals surface area contributed by atoms with Crippen LogP contribution in [0.3, 0.4) is 0 Å². The van der Waals surface area contributed by atoms with Crippen molar-refractivity contribution < 1.29 is 4.74 Å². The van der Waals surface area contributed by atoms with Crippen molar-refractivity contribution >= 4 is 19.9 Å². The molecule has 1 aliphatic heterocycles. The summed E-state index contributed by atoms with van der Waals surface area (Å²) in [5.74, 6) is 0. The predicted octanol–water partition coefficient (Wildman–Crippen LogP) is 0.158. The van der Waals surface area contributed by atoms with Crippen molar-refractivity contribution in [3.63, 3.8) is 0 Å². The van der Waals surface area contributed by atoms with Gasteiger partial charge in [0.2, 0.25) is 0 Å². The summed E-state index contributed by atoms with van der Waals surface area (Å²) < 4.78 is 4.65. The van der Waals surface area contributed by atoms with E-state index in [4.69, 9.17) is 0 Å². The van der Waals surface area contributed by atoms with E-state index in [0.29, 0.717) is 0 Å². The number of hydrogen-bond donors (Lipinski definition) is 0. The van der Waals surface area contributed by atoms with E-state index in [1.165, 1.54) is 6.40 Å². The molecular weight excluding hydrogens is 98.1 g/mol. The standard InChI is InChI=1S/C3H5NO.H2S/c1-2-5-3-4-1;/h3H,1-2H2;1H2. The van der Waals surface area contributed by atoms with E-state index in [1.54, 1.807) is 0 Å². The summed E-state index contributed by atoms with van der Waals surface area (Å²) in [5.41, 5.74) is 0. The van der Waals surface area contributed by atoms with Crippen LogP contribution < -0.4 is 0 Å². The van der Waals surface area contributed by atoms with Crippen molar-refractivity contribution in [2.24, 2.45) is 4.99 Å². The fourth-order valence-corrected chi connectivity index (χ4v) is 0.264. The number of ether oxygens (including phenoxy) is 1. The molecule has 0 amide bonds. The van der Waals surface area contributed by atoms with E-state index in [0.717, 1.165) is 13.2 Å². The zero-order chi connectivity index (χ0) is 3.54. The van der Waals surface area contributed by atoms with Gasteiger partial charge in [0.15, 0.2) is 6.40 Å². The molecule has 0 aliphatic carbocycles. The molecule has 0 N–H and O–H groups in total. The first kappa shape index (κ1) is 5.82. The Hall–Kier alpha value is -0.180. The third-order valence-corrected chi connectivity index (χ3v) is 0.487. The molecule has 0 aromatic heterocycles. The molecule has 0 spiro atoms. The number of aliphatic imine (C=N–C) groups is 1. The highest BCUT2D eigenvalue weighted by atomic mass is 32.1. The fraction of sp³-hybridized carbons (Fsp3) is 0.667. The molecule has 0 aromatic rings. The quantitative estimate of drug-likeness (QED) is 0.430. The minimum atomic E-state index is 0. The monoisotopic (exact) mass is 105 g/mol. The van der Waals surface area contributed by atoms with E-state index in [-0.39, 0.29) is 13.5 Å². The van der Waals surface area contributed by atoms with Crippen LogP contribution in [0.5, 0.6) is 0 Å². The van der Waals surface area contributed by atoms with Gasteiger partial charge in [-0.2, -0.15) is 13.5 Å². The minimum absolute atomic E-state index is 0. The highest BCUT2D eigenvalue weighted by Gasteiger charge is 1.84. The smallest absolute Gasteiger partial charge is 0.169 e. The maximum absolute atomic E-state index is 4.65. The van der Waals surface area contributed by atoms with Crippen molar-refractivity contribution in [3.05, 3.63) is 0 Å². The summed E-state index contributed by atoms with van der Waals surface area (Å²) in [6.07, 6.45) is 1.49. The Morgan fingerprint density at radius 3 is 2.67 bits per heavy atom. The van der Waals surface area contributed by atoms with Crippen LogP contribution in [0.4, 0.5) is 0 Å². The summed E-state index contributed by atoms with van der Waals surface area (Å²) in [6.45, 7) is 1.62. The van der Waals surface area contributed by atoms with Crippen LogP contribution in [0.1, 0.15) is 0 Å². The molecule has 3 heteroatoms. The Morgan fingerprint density at radius 2 is 2.50 bits per heavy atom. The van der Waals surface area contributed by atoms with Gasteiger partial charge in [0.05, 0.1) is 6.54 Å². The van der Waals surface area contributed by atoms with E-state index in [2.05, 4.69) is 9.73 Å². The normalized spacial score (nSPS) is 16.0. The van der Waals surface area contributed by atoms with E-state index < -0.39 is 0 Å². The zero-order valence-corrected chi connectivity index (χ0v) is 4.35. The molecule has 0 unspecified atom stereocenters. The Balaban J connectivity index is 0.000000250. The molecule has 0 atom stereocenters. The summed E-state index contributed by atoms with van der Waals surface area (Å²) in [5, 5.41) is 0. The highest BCUT2D eigenvalue weighted by molar-refractivity contribution is 7.59. The van der Waals surface area contributed by atoms with Crippen molar-refractivity contribution in [2.45, 2.75) is 0 Å². The lowest BCUT2D eigenvalue weighted by molar-refractivity contribution is 0.361. The minimum Gasteiger partial charge on any atom is -0.482 e. The molecule has 36 valence electrons. The molecule has 0 bridgehead atoms. The first-order chi connectivity index (χ1) is 2.50. The van der Waals surface area contributed by atoms with Crippen LogP contribution in [0, 0.1) is 0 Å². The molecule has 6 heavy (non-hydrogen) atoms. The Kier molecular flexibility index (Phi) is 2.94. The fourth-order valence-electron chi connectivity index (χ4n) is 0.264. The Labute approximate surface area is 43.7 Å². The predicted molar refractivity (Wildman–Crippen MR) is 29.7 cm³/mol. The lowest BCUT2D eigenvalue weighted by Crippen LogP contribution is -1.80. The number of hydrogen-bond acceptors (Lipinski definition) is 2. The van der Waals surface area contributed by atoms with Crippen LogP contribution in [-0.2, 0) is 4.74 Å². The van der Waals surface area contributed by atoms with Crippen LogP contribution >= 0.6 is 13.5 Å². The summed E-state index contributed by atoms with van der Waals surface area (Å²) in [6, 6.07) is 0. The van der Waals surface area contributed by atoms with Gasteiger partial charge in [0, 0.05) is 0 Å². The van der Waals surface area contributed by atoms with Gasteiger partial charge in [-0.15, -0.1) is 0 Å². The number of rotatable bonds is 0. The van der Waals surface area contributed by atoms with Gasteiger partial charge in [0.25, 0.3) is 0 Å². The molecule has 0 radical (unpaired) electrons. The van der Waals surface area contributed by atoms with Crippen LogP contribution in [0.2, 0.25) is 0 Å². The van der Waals surface area contributed by atoms with Crippen molar-refractivity contribution in [1.29, 1.82) is 0 Å². The largest absolute Gasteiger partial charge is 0.482 e. The average Bonchev–Trinajstić information content (AvgIpc) is 1.76. The Morgan fingerprint density at radius 1 is 1.67 bits per heavy atom. The van der Waals surface area contributed by atoms with E-state index >= 15 is 0 Å². The molecule has 2 nitrogen and oxygen atoms in total. The van der Waals surface area contributed by atoms with Gasteiger partial charge in [0.1, 0.15) is 6.61 Å². The van der Waals surface area contributed by atoms with Crippen molar-refractivity contribution in [2.75, 3.05) is 13.2 Å². The van der Waals surface area contributed by atoms with Gasteiger partial charge < -0.3 is 4.74 Å². The molecule has 1 aliphatic rings. The zero-order valence-electron chi connectivity index (χ0n) is 3.35. The van der Waals surface area contributed by atoms with E-state index in [9.17, 15) is 0 Å². The maximum atomic E-state index is 4.65. The first-order valence-corrected chi connectivity index (χ1v) is 1.60. The van der Waals surface area contributed by atoms with E-state index in [1.807, 2.05) is 0 Å². The molecule has 1 rings (SSSR count). The molecular formula is C3H7NOS. The van der Waals surface area contributed by atoms with Gasteiger partial charge in [-0.1, -0.05) is 0 Å². The lowest BCUT2D eigenvalue weighted by atomic mass is 10.8. The van der Waals surface area contributed by atoms with Gasteiger partial charge in [-0.25, -0.2) is 0 Å². The number of nitrogens with zero attached hydrogens (tertiary/aromatic N) is 1. The molecule has 0 saturated heterocycles. The van der Waals surface area contributed by atoms with Crippen molar-refractivity contribution in [3.8, 4) is 0 Å². The van der Waals surface area contributed by atoms with Gasteiger partial charge in [-0.05, 0) is 0 Å². The van der Waals surface area contributed by atoms with Crippen LogP contribution in [0.25, 0.3) is 0 Å².